The Hall–Kier alpha value is -1.53. The summed E-state index contributed by atoms with van der Waals surface area (Å²) in [6.45, 7) is 5.00. The molecule has 0 aliphatic heterocycles. The number of ether oxygens (including phenoxy) is 2. The van der Waals surface area contributed by atoms with E-state index in [0.717, 1.165) is 16.2 Å². The molecular formula is C15H20N2O3S. The molecular weight excluding hydrogens is 288 g/mol. The van der Waals surface area contributed by atoms with E-state index in [2.05, 4.69) is 9.55 Å². The van der Waals surface area contributed by atoms with E-state index in [4.69, 9.17) is 9.47 Å². The zero-order valence-corrected chi connectivity index (χ0v) is 13.4. The lowest BCUT2D eigenvalue weighted by Gasteiger charge is -2.09. The van der Waals surface area contributed by atoms with E-state index in [9.17, 15) is 4.79 Å². The number of methoxy groups -OCH3 is 1. The van der Waals surface area contributed by atoms with Crippen LogP contribution in [0.3, 0.4) is 0 Å². The van der Waals surface area contributed by atoms with Gasteiger partial charge in [-0.2, -0.15) is 0 Å². The molecule has 114 valence electrons. The van der Waals surface area contributed by atoms with E-state index in [1.807, 2.05) is 38.1 Å². The number of carbonyl (C=O) groups excluding carboxylic acids is 1. The van der Waals surface area contributed by atoms with Gasteiger partial charge < -0.3 is 14.0 Å². The third-order valence-electron chi connectivity index (χ3n) is 2.82. The topological polar surface area (TPSA) is 53.4 Å². The van der Waals surface area contributed by atoms with Crippen LogP contribution in [0.15, 0.2) is 29.4 Å². The number of hydrogen-bond acceptors (Lipinski definition) is 5. The molecule has 1 aromatic heterocycles. The summed E-state index contributed by atoms with van der Waals surface area (Å²) in [5.41, 5.74) is 1.97. The number of nitrogens with zero attached hydrogens (tertiary/aromatic N) is 2. The fourth-order valence-electron chi connectivity index (χ4n) is 1.98. The third-order valence-corrected chi connectivity index (χ3v) is 3.77. The van der Waals surface area contributed by atoms with Gasteiger partial charge >= 0.3 is 5.97 Å². The SMILES string of the molecule is COCCn1c(SCC(=O)OC(C)C)nc2ccccc21. The predicted molar refractivity (Wildman–Crippen MR) is 83.6 cm³/mol. The first-order valence-corrected chi connectivity index (χ1v) is 7.87. The van der Waals surface area contributed by atoms with Crippen LogP contribution in [0.25, 0.3) is 11.0 Å². The average molecular weight is 308 g/mol. The molecule has 0 aliphatic rings. The highest BCUT2D eigenvalue weighted by molar-refractivity contribution is 7.99. The second kappa shape index (κ2) is 7.47. The Labute approximate surface area is 128 Å². The number of benzene rings is 1. The maximum Gasteiger partial charge on any atom is 0.316 e. The van der Waals surface area contributed by atoms with Crippen molar-refractivity contribution in [1.29, 1.82) is 0 Å². The summed E-state index contributed by atoms with van der Waals surface area (Å²) in [5, 5.41) is 0.814. The summed E-state index contributed by atoms with van der Waals surface area (Å²) in [4.78, 5) is 16.2. The molecule has 0 fully saturated rings. The van der Waals surface area contributed by atoms with Gasteiger partial charge in [-0.05, 0) is 26.0 Å². The highest BCUT2D eigenvalue weighted by atomic mass is 32.2. The number of imidazole rings is 1. The molecule has 21 heavy (non-hydrogen) atoms. The first-order valence-electron chi connectivity index (χ1n) is 6.88. The molecule has 0 amide bonds. The minimum absolute atomic E-state index is 0.0922. The number of aromatic nitrogens is 2. The van der Waals surface area contributed by atoms with Gasteiger partial charge in [-0.3, -0.25) is 4.79 Å². The lowest BCUT2D eigenvalue weighted by atomic mass is 10.3. The van der Waals surface area contributed by atoms with Crippen LogP contribution in [0.4, 0.5) is 0 Å². The minimum atomic E-state index is -0.222. The molecule has 1 heterocycles. The molecule has 2 rings (SSSR count). The van der Waals surface area contributed by atoms with Gasteiger partial charge in [0.05, 0.1) is 29.5 Å². The van der Waals surface area contributed by atoms with Crippen LogP contribution in [0, 0.1) is 0 Å². The van der Waals surface area contributed by atoms with Gasteiger partial charge in [0.1, 0.15) is 0 Å². The van der Waals surface area contributed by atoms with Gasteiger partial charge in [-0.25, -0.2) is 4.98 Å². The Morgan fingerprint density at radius 3 is 2.86 bits per heavy atom. The zero-order chi connectivity index (χ0) is 15.2. The number of hydrogen-bond donors (Lipinski definition) is 0. The van der Waals surface area contributed by atoms with Crippen molar-refractivity contribution in [3.8, 4) is 0 Å². The summed E-state index contributed by atoms with van der Waals surface area (Å²) in [6.07, 6.45) is -0.0922. The molecule has 2 aromatic rings. The van der Waals surface area contributed by atoms with E-state index >= 15 is 0 Å². The fraction of sp³-hybridized carbons (Fsp3) is 0.467. The second-order valence-corrected chi connectivity index (χ2v) is 5.80. The van der Waals surface area contributed by atoms with Crippen molar-refractivity contribution >= 4 is 28.8 Å². The van der Waals surface area contributed by atoms with Crippen molar-refractivity contribution in [3.05, 3.63) is 24.3 Å². The first-order chi connectivity index (χ1) is 10.1. The maximum absolute atomic E-state index is 11.7. The van der Waals surface area contributed by atoms with E-state index in [0.29, 0.717) is 13.2 Å². The lowest BCUT2D eigenvalue weighted by Crippen LogP contribution is -2.14. The molecule has 6 heteroatoms. The Kier molecular flexibility index (Phi) is 5.64. The van der Waals surface area contributed by atoms with Gasteiger partial charge in [0.25, 0.3) is 0 Å². The van der Waals surface area contributed by atoms with Crippen LogP contribution < -0.4 is 0 Å². The predicted octanol–water partition coefficient (Wildman–Crippen LogP) is 2.73. The lowest BCUT2D eigenvalue weighted by molar-refractivity contribution is -0.144. The molecule has 0 radical (unpaired) electrons. The van der Waals surface area contributed by atoms with Crippen molar-refractivity contribution < 1.29 is 14.3 Å². The maximum atomic E-state index is 11.7. The molecule has 0 aliphatic carbocycles. The van der Waals surface area contributed by atoms with E-state index in [-0.39, 0.29) is 17.8 Å². The number of carbonyl (C=O) groups is 1. The molecule has 0 saturated heterocycles. The van der Waals surface area contributed by atoms with E-state index < -0.39 is 0 Å². The smallest absolute Gasteiger partial charge is 0.316 e. The Morgan fingerprint density at radius 1 is 1.38 bits per heavy atom. The van der Waals surface area contributed by atoms with Crippen LogP contribution in [-0.2, 0) is 20.8 Å². The molecule has 5 nitrogen and oxygen atoms in total. The molecule has 0 bridgehead atoms. The quantitative estimate of drug-likeness (QED) is 0.581. The van der Waals surface area contributed by atoms with Gasteiger partial charge in [0.2, 0.25) is 0 Å². The minimum Gasteiger partial charge on any atom is -0.462 e. The highest BCUT2D eigenvalue weighted by Crippen LogP contribution is 2.24. The molecule has 0 spiro atoms. The van der Waals surface area contributed by atoms with Crippen LogP contribution in [0.2, 0.25) is 0 Å². The summed E-state index contributed by atoms with van der Waals surface area (Å²) >= 11 is 1.40. The van der Waals surface area contributed by atoms with Gasteiger partial charge in [-0.1, -0.05) is 23.9 Å². The summed E-state index contributed by atoms with van der Waals surface area (Å²) < 4.78 is 12.4. The van der Waals surface area contributed by atoms with Crippen molar-refractivity contribution in [2.45, 2.75) is 31.7 Å². The highest BCUT2D eigenvalue weighted by Gasteiger charge is 2.13. The first kappa shape index (κ1) is 15.9. The largest absolute Gasteiger partial charge is 0.462 e. The average Bonchev–Trinajstić information content (AvgIpc) is 2.80. The van der Waals surface area contributed by atoms with E-state index in [1.165, 1.54) is 11.8 Å². The monoisotopic (exact) mass is 308 g/mol. The summed E-state index contributed by atoms with van der Waals surface area (Å²) in [6, 6.07) is 7.93. The fourth-order valence-corrected chi connectivity index (χ4v) is 2.81. The molecule has 0 saturated carbocycles. The Bertz CT molecular complexity index is 610. The summed E-state index contributed by atoms with van der Waals surface area (Å²) in [7, 11) is 1.67. The van der Waals surface area contributed by atoms with E-state index in [1.54, 1.807) is 7.11 Å². The number of para-hydroxylation sites is 2. The normalized spacial score (nSPS) is 11.2. The molecule has 0 unspecified atom stereocenters. The van der Waals surface area contributed by atoms with Crippen LogP contribution >= 0.6 is 11.8 Å². The van der Waals surface area contributed by atoms with Crippen LogP contribution in [0.5, 0.6) is 0 Å². The van der Waals surface area contributed by atoms with Crippen molar-refractivity contribution in [1.82, 2.24) is 9.55 Å². The van der Waals surface area contributed by atoms with Crippen LogP contribution in [0.1, 0.15) is 13.8 Å². The molecule has 1 aromatic carbocycles. The van der Waals surface area contributed by atoms with Crippen molar-refractivity contribution in [2.24, 2.45) is 0 Å². The third kappa shape index (κ3) is 4.22. The second-order valence-electron chi connectivity index (χ2n) is 4.85. The zero-order valence-electron chi connectivity index (χ0n) is 12.5. The van der Waals surface area contributed by atoms with Gasteiger partial charge in [0, 0.05) is 13.7 Å². The number of rotatable bonds is 7. The Morgan fingerprint density at radius 2 is 2.14 bits per heavy atom. The Balaban J connectivity index is 2.15. The van der Waals surface area contributed by atoms with Crippen LogP contribution in [-0.4, -0.2) is 41.1 Å². The molecule has 0 atom stereocenters. The van der Waals surface area contributed by atoms with Crippen molar-refractivity contribution in [3.63, 3.8) is 0 Å². The van der Waals surface area contributed by atoms with Gasteiger partial charge in [-0.15, -0.1) is 0 Å². The molecule has 0 N–H and O–H groups in total. The number of thioether (sulfide) groups is 1. The standard InChI is InChI=1S/C15H20N2O3S/c1-11(2)20-14(18)10-21-15-16-12-6-4-5-7-13(12)17(15)8-9-19-3/h4-7,11H,8-10H2,1-3H3. The van der Waals surface area contributed by atoms with Gasteiger partial charge in [0.15, 0.2) is 5.16 Å². The summed E-state index contributed by atoms with van der Waals surface area (Å²) in [5.74, 6) is 0.0365. The van der Waals surface area contributed by atoms with Crippen molar-refractivity contribution in [2.75, 3.05) is 19.5 Å². The number of fused-ring (bicyclic) bond motifs is 1. The number of esters is 1.